The van der Waals surface area contributed by atoms with Crippen LogP contribution in [0.5, 0.6) is 0 Å². The van der Waals surface area contributed by atoms with Gasteiger partial charge in [-0.2, -0.15) is 4.31 Å². The van der Waals surface area contributed by atoms with Gasteiger partial charge in [-0.05, 0) is 57.2 Å². The van der Waals surface area contributed by atoms with Crippen molar-refractivity contribution in [2.24, 2.45) is 0 Å². The van der Waals surface area contributed by atoms with Crippen molar-refractivity contribution in [2.45, 2.75) is 63.4 Å². The molecular weight excluding hydrogens is 465 g/mol. The molecule has 0 amide bonds. The van der Waals surface area contributed by atoms with Crippen LogP contribution in [0.3, 0.4) is 0 Å². The highest BCUT2D eigenvalue weighted by atomic mass is 32.2. The highest BCUT2D eigenvalue weighted by Crippen LogP contribution is 2.38. The zero-order valence-corrected chi connectivity index (χ0v) is 21.0. The van der Waals surface area contributed by atoms with Crippen molar-refractivity contribution in [1.29, 1.82) is 0 Å². The van der Waals surface area contributed by atoms with Crippen LogP contribution in [0.4, 0.5) is 10.1 Å². The van der Waals surface area contributed by atoms with E-state index in [1.807, 2.05) is 50.2 Å². The maximum Gasteiger partial charge on any atom is 0.221 e. The first-order valence-electron chi connectivity index (χ1n) is 12.3. The number of rotatable bonds is 5. The van der Waals surface area contributed by atoms with Gasteiger partial charge in [-0.3, -0.25) is 0 Å². The van der Waals surface area contributed by atoms with Gasteiger partial charge in [0.15, 0.2) is 0 Å². The molecule has 2 aromatic carbocycles. The maximum atomic E-state index is 15.2. The Balaban J connectivity index is 1.29. The lowest BCUT2D eigenvalue weighted by atomic mass is 10.0. The molecule has 0 saturated carbocycles. The van der Waals surface area contributed by atoms with E-state index in [4.69, 9.17) is 0 Å². The van der Waals surface area contributed by atoms with Gasteiger partial charge in [-0.1, -0.05) is 36.4 Å². The SMILES string of the molecule is Cc1nncn1C1CCN(c2ccc(CN3[C@@H](C)CC[C@H](c4ccccc4)S3(=O)=O)c(F)c2)CC1. The lowest BCUT2D eigenvalue weighted by Gasteiger charge is -2.37. The average molecular weight is 498 g/mol. The standard InChI is InChI=1S/C26H32FN5O2S/c1-19-8-11-26(21-6-4-3-5-7-21)35(33,34)32(19)17-22-9-10-24(16-25(22)27)30-14-12-23(13-15-30)31-18-28-29-20(31)2/h3-7,9-10,16,18-19,23,26H,8,11-15,17H2,1-2H3/t19-,26+/m0/s1. The van der Waals surface area contributed by atoms with Gasteiger partial charge in [0.1, 0.15) is 23.2 Å². The lowest BCUT2D eigenvalue weighted by molar-refractivity contribution is 0.279. The summed E-state index contributed by atoms with van der Waals surface area (Å²) in [6.07, 6.45) is 4.98. The Morgan fingerprint density at radius 1 is 1.03 bits per heavy atom. The molecule has 0 radical (unpaired) electrons. The molecule has 3 aromatic rings. The van der Waals surface area contributed by atoms with Crippen LogP contribution in [0.15, 0.2) is 54.9 Å². The Labute approximate surface area is 206 Å². The minimum atomic E-state index is -3.60. The van der Waals surface area contributed by atoms with Crippen molar-refractivity contribution >= 4 is 15.7 Å². The molecule has 2 fully saturated rings. The molecule has 9 heteroatoms. The second-order valence-corrected chi connectivity index (χ2v) is 11.8. The third-order valence-electron chi connectivity index (χ3n) is 7.53. The summed E-state index contributed by atoms with van der Waals surface area (Å²) in [6.45, 7) is 5.55. The summed E-state index contributed by atoms with van der Waals surface area (Å²) in [6, 6.07) is 14.7. The molecule has 0 spiro atoms. The second kappa shape index (κ2) is 9.70. The molecule has 2 aliphatic rings. The fourth-order valence-electron chi connectivity index (χ4n) is 5.44. The predicted molar refractivity (Wildman–Crippen MR) is 134 cm³/mol. The molecule has 0 unspecified atom stereocenters. The molecule has 2 atom stereocenters. The highest BCUT2D eigenvalue weighted by Gasteiger charge is 2.40. The van der Waals surface area contributed by atoms with Crippen LogP contribution >= 0.6 is 0 Å². The Kier molecular flexibility index (Phi) is 6.63. The Bertz CT molecular complexity index is 1270. The lowest BCUT2D eigenvalue weighted by Crippen LogP contribution is -2.44. The Morgan fingerprint density at radius 3 is 2.43 bits per heavy atom. The first-order valence-corrected chi connectivity index (χ1v) is 13.8. The van der Waals surface area contributed by atoms with Crippen LogP contribution in [0.25, 0.3) is 0 Å². The van der Waals surface area contributed by atoms with E-state index >= 15 is 4.39 Å². The number of halogens is 1. The van der Waals surface area contributed by atoms with Crippen molar-refractivity contribution in [3.05, 3.63) is 77.6 Å². The normalized spacial score (nSPS) is 23.5. The summed E-state index contributed by atoms with van der Waals surface area (Å²) in [7, 11) is -3.60. The van der Waals surface area contributed by atoms with Crippen molar-refractivity contribution in [3.8, 4) is 0 Å². The molecular formula is C26H32FN5O2S. The number of piperidine rings is 1. The molecule has 5 rings (SSSR count). The number of sulfonamides is 1. The summed E-state index contributed by atoms with van der Waals surface area (Å²) in [5.41, 5.74) is 2.04. The largest absolute Gasteiger partial charge is 0.371 e. The monoisotopic (exact) mass is 497 g/mol. The summed E-state index contributed by atoms with van der Waals surface area (Å²) < 4.78 is 45.8. The van der Waals surface area contributed by atoms with Crippen LogP contribution in [0.1, 0.15) is 60.9 Å². The predicted octanol–water partition coefficient (Wildman–Crippen LogP) is 4.62. The smallest absolute Gasteiger partial charge is 0.221 e. The third kappa shape index (κ3) is 4.71. The first kappa shape index (κ1) is 23.9. The molecule has 0 aliphatic carbocycles. The van der Waals surface area contributed by atoms with Crippen molar-refractivity contribution in [2.75, 3.05) is 18.0 Å². The summed E-state index contributed by atoms with van der Waals surface area (Å²) in [4.78, 5) is 2.19. The molecule has 7 nitrogen and oxygen atoms in total. The van der Waals surface area contributed by atoms with Gasteiger partial charge in [0.2, 0.25) is 10.0 Å². The van der Waals surface area contributed by atoms with Gasteiger partial charge in [-0.25, -0.2) is 12.8 Å². The van der Waals surface area contributed by atoms with Crippen molar-refractivity contribution in [1.82, 2.24) is 19.1 Å². The van der Waals surface area contributed by atoms with E-state index in [1.165, 1.54) is 4.31 Å². The van der Waals surface area contributed by atoms with Gasteiger partial charge in [0.05, 0.1) is 0 Å². The quantitative estimate of drug-likeness (QED) is 0.514. The fraction of sp³-hybridized carbons (Fsp3) is 0.462. The van der Waals surface area contributed by atoms with Gasteiger partial charge in [-0.15, -0.1) is 10.2 Å². The van der Waals surface area contributed by atoms with Gasteiger partial charge in [0.25, 0.3) is 0 Å². The van der Waals surface area contributed by atoms with E-state index < -0.39 is 15.3 Å². The number of benzene rings is 2. The van der Waals surface area contributed by atoms with E-state index in [2.05, 4.69) is 19.7 Å². The van der Waals surface area contributed by atoms with E-state index in [0.717, 1.165) is 49.4 Å². The third-order valence-corrected chi connectivity index (χ3v) is 9.90. The number of hydrogen-bond donors (Lipinski definition) is 0. The van der Waals surface area contributed by atoms with E-state index in [1.54, 1.807) is 18.5 Å². The van der Waals surface area contributed by atoms with Crippen LogP contribution in [-0.2, 0) is 16.6 Å². The maximum absolute atomic E-state index is 15.2. The van der Waals surface area contributed by atoms with Crippen LogP contribution in [0.2, 0.25) is 0 Å². The Hall–Kier alpha value is -2.78. The van der Waals surface area contributed by atoms with Crippen LogP contribution < -0.4 is 4.90 Å². The van der Waals surface area contributed by atoms with Gasteiger partial charge < -0.3 is 9.47 Å². The molecule has 2 saturated heterocycles. The second-order valence-electron chi connectivity index (χ2n) is 9.70. The zero-order valence-electron chi connectivity index (χ0n) is 20.2. The van der Waals surface area contributed by atoms with E-state index in [9.17, 15) is 8.42 Å². The molecule has 35 heavy (non-hydrogen) atoms. The molecule has 0 bridgehead atoms. The summed E-state index contributed by atoms with van der Waals surface area (Å²) in [5.74, 6) is 0.554. The van der Waals surface area contributed by atoms with Crippen LogP contribution in [-0.4, -0.2) is 46.6 Å². The molecule has 3 heterocycles. The van der Waals surface area contributed by atoms with Crippen molar-refractivity contribution in [3.63, 3.8) is 0 Å². The summed E-state index contributed by atoms with van der Waals surface area (Å²) in [5, 5.41) is 7.48. The number of anilines is 1. The Morgan fingerprint density at radius 2 is 1.77 bits per heavy atom. The number of nitrogens with zero attached hydrogens (tertiary/aromatic N) is 5. The topological polar surface area (TPSA) is 71.3 Å². The summed E-state index contributed by atoms with van der Waals surface area (Å²) >= 11 is 0. The van der Waals surface area contributed by atoms with E-state index in [-0.39, 0.29) is 18.4 Å². The molecule has 1 aromatic heterocycles. The molecule has 2 aliphatic heterocycles. The minimum absolute atomic E-state index is 0.0495. The van der Waals surface area contributed by atoms with Gasteiger partial charge in [0, 0.05) is 43.0 Å². The number of hydrogen-bond acceptors (Lipinski definition) is 5. The first-order chi connectivity index (χ1) is 16.8. The highest BCUT2D eigenvalue weighted by molar-refractivity contribution is 7.89. The van der Waals surface area contributed by atoms with Crippen molar-refractivity contribution < 1.29 is 12.8 Å². The number of aryl methyl sites for hydroxylation is 1. The number of aromatic nitrogens is 3. The molecule has 0 N–H and O–H groups in total. The zero-order chi connectivity index (χ0) is 24.6. The fourth-order valence-corrected chi connectivity index (χ4v) is 7.63. The van der Waals surface area contributed by atoms with Gasteiger partial charge >= 0.3 is 0 Å². The van der Waals surface area contributed by atoms with E-state index in [0.29, 0.717) is 18.0 Å². The van der Waals surface area contributed by atoms with Crippen LogP contribution in [0, 0.1) is 12.7 Å². The minimum Gasteiger partial charge on any atom is -0.371 e. The molecule has 186 valence electrons. The average Bonchev–Trinajstić information content (AvgIpc) is 3.29.